The summed E-state index contributed by atoms with van der Waals surface area (Å²) < 4.78 is 18.8. The lowest BCUT2D eigenvalue weighted by Gasteiger charge is -2.30. The Morgan fingerprint density at radius 2 is 2.35 bits per heavy atom. The molecule has 0 bridgehead atoms. The number of likely N-dealkylation sites (tertiary alicyclic amines) is 1. The summed E-state index contributed by atoms with van der Waals surface area (Å²) in [5, 5.41) is 0.414. The SMILES string of the molecule is COc1ccc(F)c(CN2CCC[C@@H](S)C2)c1. The van der Waals surface area contributed by atoms with E-state index >= 15 is 0 Å². The molecule has 0 aliphatic carbocycles. The van der Waals surface area contributed by atoms with Crippen molar-refractivity contribution < 1.29 is 9.13 Å². The molecule has 1 atom stereocenters. The van der Waals surface area contributed by atoms with Gasteiger partial charge in [-0.3, -0.25) is 4.90 Å². The van der Waals surface area contributed by atoms with E-state index in [-0.39, 0.29) is 5.82 Å². The topological polar surface area (TPSA) is 12.5 Å². The molecule has 94 valence electrons. The van der Waals surface area contributed by atoms with Gasteiger partial charge in [0.2, 0.25) is 0 Å². The molecule has 1 aromatic rings. The van der Waals surface area contributed by atoms with E-state index in [4.69, 9.17) is 4.74 Å². The second-order valence-electron chi connectivity index (χ2n) is 4.49. The number of nitrogens with zero attached hydrogens (tertiary/aromatic N) is 1. The molecule has 0 radical (unpaired) electrons. The first-order valence-electron chi connectivity index (χ1n) is 5.92. The molecule has 1 saturated heterocycles. The zero-order chi connectivity index (χ0) is 12.3. The highest BCUT2D eigenvalue weighted by molar-refractivity contribution is 7.81. The van der Waals surface area contributed by atoms with Crippen LogP contribution in [0.4, 0.5) is 4.39 Å². The van der Waals surface area contributed by atoms with Gasteiger partial charge in [-0.1, -0.05) is 0 Å². The van der Waals surface area contributed by atoms with Gasteiger partial charge in [-0.15, -0.1) is 0 Å². The number of hydrogen-bond donors (Lipinski definition) is 1. The normalized spacial score (nSPS) is 21.5. The van der Waals surface area contributed by atoms with E-state index in [9.17, 15) is 4.39 Å². The molecule has 2 nitrogen and oxygen atoms in total. The molecule has 4 heteroatoms. The van der Waals surface area contributed by atoms with Crippen molar-refractivity contribution in [3.63, 3.8) is 0 Å². The smallest absolute Gasteiger partial charge is 0.127 e. The van der Waals surface area contributed by atoms with Crippen LogP contribution in [-0.2, 0) is 6.54 Å². The number of ether oxygens (including phenoxy) is 1. The lowest BCUT2D eigenvalue weighted by atomic mass is 10.1. The number of benzene rings is 1. The Morgan fingerprint density at radius 1 is 1.53 bits per heavy atom. The van der Waals surface area contributed by atoms with Crippen molar-refractivity contribution in [2.45, 2.75) is 24.6 Å². The van der Waals surface area contributed by atoms with Gasteiger partial charge in [-0.2, -0.15) is 12.6 Å². The van der Waals surface area contributed by atoms with Crippen molar-refractivity contribution in [3.05, 3.63) is 29.6 Å². The molecular weight excluding hydrogens is 237 g/mol. The van der Waals surface area contributed by atoms with Crippen molar-refractivity contribution in [1.82, 2.24) is 4.90 Å². The van der Waals surface area contributed by atoms with Gasteiger partial charge < -0.3 is 4.74 Å². The van der Waals surface area contributed by atoms with Crippen molar-refractivity contribution in [3.8, 4) is 5.75 Å². The third-order valence-electron chi connectivity index (χ3n) is 3.13. The molecule has 0 unspecified atom stereocenters. The van der Waals surface area contributed by atoms with E-state index in [0.29, 0.717) is 23.1 Å². The van der Waals surface area contributed by atoms with Gasteiger partial charge in [0.05, 0.1) is 7.11 Å². The Morgan fingerprint density at radius 3 is 3.06 bits per heavy atom. The van der Waals surface area contributed by atoms with Crippen LogP contribution in [0.3, 0.4) is 0 Å². The predicted molar refractivity (Wildman–Crippen MR) is 70.2 cm³/mol. The standard InChI is InChI=1S/C13H18FNOS/c1-16-11-4-5-13(14)10(7-11)8-15-6-2-3-12(17)9-15/h4-5,7,12,17H,2-3,6,8-9H2,1H3/t12-/m1/s1. The minimum absolute atomic E-state index is 0.160. The highest BCUT2D eigenvalue weighted by Crippen LogP contribution is 2.21. The summed E-state index contributed by atoms with van der Waals surface area (Å²) in [4.78, 5) is 2.25. The molecule has 1 heterocycles. The van der Waals surface area contributed by atoms with Crippen LogP contribution in [0.15, 0.2) is 18.2 Å². The molecule has 1 aliphatic rings. The van der Waals surface area contributed by atoms with Gasteiger partial charge in [-0.05, 0) is 37.6 Å². The van der Waals surface area contributed by atoms with Gasteiger partial charge in [-0.25, -0.2) is 4.39 Å². The monoisotopic (exact) mass is 255 g/mol. The van der Waals surface area contributed by atoms with Gasteiger partial charge in [0.1, 0.15) is 11.6 Å². The number of hydrogen-bond acceptors (Lipinski definition) is 3. The molecule has 17 heavy (non-hydrogen) atoms. The number of thiol groups is 1. The lowest BCUT2D eigenvalue weighted by molar-refractivity contribution is 0.223. The number of rotatable bonds is 3. The van der Waals surface area contributed by atoms with Crippen LogP contribution < -0.4 is 4.74 Å². The molecule has 0 saturated carbocycles. The summed E-state index contributed by atoms with van der Waals surface area (Å²) >= 11 is 4.49. The Hall–Kier alpha value is -0.740. The Labute approximate surface area is 107 Å². The second-order valence-corrected chi connectivity index (χ2v) is 5.22. The van der Waals surface area contributed by atoms with Crippen molar-refractivity contribution in [2.24, 2.45) is 0 Å². The average Bonchev–Trinajstić information content (AvgIpc) is 2.32. The molecule has 0 spiro atoms. The van der Waals surface area contributed by atoms with E-state index < -0.39 is 0 Å². The van der Waals surface area contributed by atoms with Crippen LogP contribution in [0.1, 0.15) is 18.4 Å². The summed E-state index contributed by atoms with van der Waals surface area (Å²) in [5.74, 6) is 0.549. The fourth-order valence-corrected chi connectivity index (χ4v) is 2.63. The molecule has 0 amide bonds. The summed E-state index contributed by atoms with van der Waals surface area (Å²) in [7, 11) is 1.60. The molecule has 1 aliphatic heterocycles. The first kappa shape index (κ1) is 12.7. The van der Waals surface area contributed by atoms with Crippen LogP contribution in [0.5, 0.6) is 5.75 Å². The first-order chi connectivity index (χ1) is 8.19. The Bertz CT molecular complexity index is 386. The summed E-state index contributed by atoms with van der Waals surface area (Å²) in [5.41, 5.74) is 0.701. The lowest BCUT2D eigenvalue weighted by Crippen LogP contribution is -2.35. The molecular formula is C13H18FNOS. The van der Waals surface area contributed by atoms with E-state index in [1.165, 1.54) is 6.07 Å². The molecule has 1 fully saturated rings. The highest BCUT2D eigenvalue weighted by Gasteiger charge is 2.18. The maximum atomic E-state index is 13.7. The third-order valence-corrected chi connectivity index (χ3v) is 3.55. The zero-order valence-electron chi connectivity index (χ0n) is 10.0. The van der Waals surface area contributed by atoms with E-state index in [2.05, 4.69) is 17.5 Å². The Balaban J connectivity index is 2.06. The summed E-state index contributed by atoms with van der Waals surface area (Å²) in [6.07, 6.45) is 2.29. The van der Waals surface area contributed by atoms with E-state index in [1.54, 1.807) is 19.2 Å². The minimum atomic E-state index is -0.160. The third kappa shape index (κ3) is 3.36. The molecule has 1 aromatic carbocycles. The van der Waals surface area contributed by atoms with Crippen LogP contribution in [0.2, 0.25) is 0 Å². The van der Waals surface area contributed by atoms with Crippen LogP contribution in [-0.4, -0.2) is 30.3 Å². The largest absolute Gasteiger partial charge is 0.497 e. The number of piperidine rings is 1. The van der Waals surface area contributed by atoms with Crippen molar-refractivity contribution in [2.75, 3.05) is 20.2 Å². The number of halogens is 1. The van der Waals surface area contributed by atoms with Crippen LogP contribution in [0.25, 0.3) is 0 Å². The first-order valence-corrected chi connectivity index (χ1v) is 6.43. The highest BCUT2D eigenvalue weighted by atomic mass is 32.1. The average molecular weight is 255 g/mol. The minimum Gasteiger partial charge on any atom is -0.497 e. The Kier molecular flexibility index (Phi) is 4.29. The van der Waals surface area contributed by atoms with E-state index in [1.807, 2.05) is 0 Å². The van der Waals surface area contributed by atoms with Gasteiger partial charge in [0.25, 0.3) is 0 Å². The zero-order valence-corrected chi connectivity index (χ0v) is 10.9. The summed E-state index contributed by atoms with van der Waals surface area (Å²) in [6.45, 7) is 2.59. The fraction of sp³-hybridized carbons (Fsp3) is 0.538. The predicted octanol–water partition coefficient (Wildman–Crippen LogP) is 2.73. The van der Waals surface area contributed by atoms with Gasteiger partial charge in [0, 0.05) is 23.9 Å². The molecule has 0 N–H and O–H groups in total. The molecule has 2 rings (SSSR count). The van der Waals surface area contributed by atoms with Crippen LogP contribution >= 0.6 is 12.6 Å². The van der Waals surface area contributed by atoms with Crippen molar-refractivity contribution >= 4 is 12.6 Å². The molecule has 0 aromatic heterocycles. The quantitative estimate of drug-likeness (QED) is 0.834. The number of methoxy groups -OCH3 is 1. The van der Waals surface area contributed by atoms with Gasteiger partial charge >= 0.3 is 0 Å². The van der Waals surface area contributed by atoms with Gasteiger partial charge in [0.15, 0.2) is 0 Å². The maximum Gasteiger partial charge on any atom is 0.127 e. The summed E-state index contributed by atoms with van der Waals surface area (Å²) in [6, 6.07) is 4.89. The van der Waals surface area contributed by atoms with E-state index in [0.717, 1.165) is 25.9 Å². The fourth-order valence-electron chi connectivity index (χ4n) is 2.21. The van der Waals surface area contributed by atoms with Crippen LogP contribution in [0, 0.1) is 5.82 Å². The second kappa shape index (κ2) is 5.74. The van der Waals surface area contributed by atoms with Crippen molar-refractivity contribution in [1.29, 1.82) is 0 Å². The maximum absolute atomic E-state index is 13.7.